The highest BCUT2D eigenvalue weighted by atomic mass is 19.1. The molecule has 0 aromatic heterocycles. The molecule has 0 spiro atoms. The van der Waals surface area contributed by atoms with Crippen molar-refractivity contribution < 1.29 is 9.13 Å². The summed E-state index contributed by atoms with van der Waals surface area (Å²) in [6.45, 7) is 6.53. The second-order valence-corrected chi connectivity index (χ2v) is 5.10. The normalized spacial score (nSPS) is 10.8. The minimum Gasteiger partial charge on any atom is -0.489 e. The fourth-order valence-corrected chi connectivity index (χ4v) is 1.83. The lowest BCUT2D eigenvalue weighted by Gasteiger charge is -2.09. The minimum absolute atomic E-state index is 0.229. The van der Waals surface area contributed by atoms with Gasteiger partial charge in [0.15, 0.2) is 0 Å². The van der Waals surface area contributed by atoms with Crippen LogP contribution in [0.3, 0.4) is 0 Å². The van der Waals surface area contributed by atoms with Crippen LogP contribution in [-0.2, 0) is 6.61 Å². The molecule has 2 rings (SSSR count). The Morgan fingerprint density at radius 2 is 1.74 bits per heavy atom. The van der Waals surface area contributed by atoms with Crippen LogP contribution >= 0.6 is 0 Å². The van der Waals surface area contributed by atoms with Gasteiger partial charge in [0.05, 0.1) is 0 Å². The fraction of sp³-hybridized carbons (Fsp3) is 0.294. The molecule has 0 aliphatic heterocycles. The summed E-state index contributed by atoms with van der Waals surface area (Å²) in [6, 6.07) is 13.3. The number of benzene rings is 2. The number of rotatable bonds is 4. The van der Waals surface area contributed by atoms with Crippen LogP contribution in [0, 0.1) is 12.7 Å². The SMILES string of the molecule is Cc1ccc(OCc2ccc(C(C)C)cc2)cc1F. The predicted molar refractivity (Wildman–Crippen MR) is 76.0 cm³/mol. The number of halogens is 1. The van der Waals surface area contributed by atoms with Crippen molar-refractivity contribution >= 4 is 0 Å². The van der Waals surface area contributed by atoms with Gasteiger partial charge in [0.25, 0.3) is 0 Å². The van der Waals surface area contributed by atoms with Crippen LogP contribution in [0.5, 0.6) is 5.75 Å². The van der Waals surface area contributed by atoms with Crippen LogP contribution in [-0.4, -0.2) is 0 Å². The first-order valence-corrected chi connectivity index (χ1v) is 6.54. The van der Waals surface area contributed by atoms with E-state index in [0.29, 0.717) is 23.8 Å². The van der Waals surface area contributed by atoms with Crippen molar-refractivity contribution in [3.05, 3.63) is 65.0 Å². The Kier molecular flexibility index (Phi) is 4.20. The monoisotopic (exact) mass is 258 g/mol. The highest BCUT2D eigenvalue weighted by Gasteiger charge is 2.02. The average Bonchev–Trinajstić information content (AvgIpc) is 2.40. The molecule has 0 N–H and O–H groups in total. The highest BCUT2D eigenvalue weighted by Crippen LogP contribution is 2.18. The van der Waals surface area contributed by atoms with Crippen LogP contribution < -0.4 is 4.74 Å². The fourth-order valence-electron chi connectivity index (χ4n) is 1.83. The van der Waals surface area contributed by atoms with Crippen molar-refractivity contribution in [2.45, 2.75) is 33.3 Å². The number of hydrogen-bond acceptors (Lipinski definition) is 1. The molecule has 0 bridgehead atoms. The number of ether oxygens (including phenoxy) is 1. The van der Waals surface area contributed by atoms with E-state index in [2.05, 4.69) is 38.1 Å². The van der Waals surface area contributed by atoms with E-state index >= 15 is 0 Å². The Labute approximate surface area is 114 Å². The molecule has 0 aliphatic rings. The summed E-state index contributed by atoms with van der Waals surface area (Å²) >= 11 is 0. The van der Waals surface area contributed by atoms with Crippen LogP contribution in [0.2, 0.25) is 0 Å². The molecule has 0 radical (unpaired) electrons. The number of hydrogen-bond donors (Lipinski definition) is 0. The maximum atomic E-state index is 13.4. The van der Waals surface area contributed by atoms with Crippen molar-refractivity contribution in [3.63, 3.8) is 0 Å². The van der Waals surface area contributed by atoms with E-state index in [1.165, 1.54) is 11.6 Å². The first-order chi connectivity index (χ1) is 9.06. The Hall–Kier alpha value is -1.83. The Morgan fingerprint density at radius 1 is 1.05 bits per heavy atom. The molecule has 2 aromatic carbocycles. The van der Waals surface area contributed by atoms with E-state index in [-0.39, 0.29) is 5.82 Å². The number of aryl methyl sites for hydroxylation is 1. The Balaban J connectivity index is 2.00. The van der Waals surface area contributed by atoms with E-state index < -0.39 is 0 Å². The summed E-state index contributed by atoms with van der Waals surface area (Å²) in [5.41, 5.74) is 3.03. The molecule has 100 valence electrons. The van der Waals surface area contributed by atoms with Crippen molar-refractivity contribution in [2.24, 2.45) is 0 Å². The zero-order valence-electron chi connectivity index (χ0n) is 11.6. The predicted octanol–water partition coefficient (Wildman–Crippen LogP) is 4.84. The quantitative estimate of drug-likeness (QED) is 0.762. The van der Waals surface area contributed by atoms with E-state index in [1.807, 2.05) is 0 Å². The van der Waals surface area contributed by atoms with Crippen LogP contribution in [0.15, 0.2) is 42.5 Å². The molecule has 0 aliphatic carbocycles. The van der Waals surface area contributed by atoms with Gasteiger partial charge in [-0.05, 0) is 35.6 Å². The standard InChI is InChI=1S/C17H19FO/c1-12(2)15-7-5-14(6-8-15)11-19-16-9-4-13(3)17(18)10-16/h4-10,12H,11H2,1-3H3. The molecular weight excluding hydrogens is 239 g/mol. The van der Waals surface area contributed by atoms with Gasteiger partial charge >= 0.3 is 0 Å². The molecule has 19 heavy (non-hydrogen) atoms. The summed E-state index contributed by atoms with van der Waals surface area (Å²) in [7, 11) is 0. The highest BCUT2D eigenvalue weighted by molar-refractivity contribution is 5.29. The van der Waals surface area contributed by atoms with Gasteiger partial charge in [-0.3, -0.25) is 0 Å². The maximum Gasteiger partial charge on any atom is 0.129 e. The van der Waals surface area contributed by atoms with Crippen molar-refractivity contribution in [3.8, 4) is 5.75 Å². The first-order valence-electron chi connectivity index (χ1n) is 6.54. The Morgan fingerprint density at radius 3 is 2.32 bits per heavy atom. The van der Waals surface area contributed by atoms with Crippen molar-refractivity contribution in [2.75, 3.05) is 0 Å². The second-order valence-electron chi connectivity index (χ2n) is 5.10. The molecule has 1 nitrogen and oxygen atoms in total. The lowest BCUT2D eigenvalue weighted by Crippen LogP contribution is -1.97. The molecule has 0 fully saturated rings. The molecule has 0 saturated heterocycles. The van der Waals surface area contributed by atoms with Gasteiger partial charge in [-0.2, -0.15) is 0 Å². The van der Waals surface area contributed by atoms with Crippen molar-refractivity contribution in [1.82, 2.24) is 0 Å². The lowest BCUT2D eigenvalue weighted by atomic mass is 10.0. The van der Waals surface area contributed by atoms with Gasteiger partial charge in [0, 0.05) is 6.07 Å². The summed E-state index contributed by atoms with van der Waals surface area (Å²) in [5, 5.41) is 0. The summed E-state index contributed by atoms with van der Waals surface area (Å²) in [6.07, 6.45) is 0. The zero-order chi connectivity index (χ0) is 13.8. The molecule has 0 heterocycles. The molecule has 0 saturated carbocycles. The smallest absolute Gasteiger partial charge is 0.129 e. The summed E-state index contributed by atoms with van der Waals surface area (Å²) < 4.78 is 19.0. The molecule has 2 aromatic rings. The summed E-state index contributed by atoms with van der Waals surface area (Å²) in [4.78, 5) is 0. The van der Waals surface area contributed by atoms with E-state index in [9.17, 15) is 4.39 Å². The van der Waals surface area contributed by atoms with Gasteiger partial charge in [-0.1, -0.05) is 44.2 Å². The molecular formula is C17H19FO. The van der Waals surface area contributed by atoms with Crippen molar-refractivity contribution in [1.29, 1.82) is 0 Å². The Bertz CT molecular complexity index is 544. The molecule has 2 heteroatoms. The molecule has 0 unspecified atom stereocenters. The maximum absolute atomic E-state index is 13.4. The third kappa shape index (κ3) is 3.57. The topological polar surface area (TPSA) is 9.23 Å². The van der Waals surface area contributed by atoms with E-state index in [1.54, 1.807) is 19.1 Å². The lowest BCUT2D eigenvalue weighted by molar-refractivity contribution is 0.304. The minimum atomic E-state index is -0.229. The van der Waals surface area contributed by atoms with Gasteiger partial charge in [-0.15, -0.1) is 0 Å². The summed E-state index contributed by atoms with van der Waals surface area (Å²) in [5.74, 6) is 0.866. The van der Waals surface area contributed by atoms with E-state index in [0.717, 1.165) is 5.56 Å². The van der Waals surface area contributed by atoms with Gasteiger partial charge in [-0.25, -0.2) is 4.39 Å². The average molecular weight is 258 g/mol. The van der Waals surface area contributed by atoms with Crippen LogP contribution in [0.4, 0.5) is 4.39 Å². The molecule has 0 atom stereocenters. The second kappa shape index (κ2) is 5.87. The largest absolute Gasteiger partial charge is 0.489 e. The first kappa shape index (κ1) is 13.6. The van der Waals surface area contributed by atoms with E-state index in [4.69, 9.17) is 4.74 Å². The van der Waals surface area contributed by atoms with Crippen LogP contribution in [0.25, 0.3) is 0 Å². The third-order valence-corrected chi connectivity index (χ3v) is 3.20. The third-order valence-electron chi connectivity index (χ3n) is 3.20. The molecule has 0 amide bonds. The van der Waals surface area contributed by atoms with Gasteiger partial charge in [0.1, 0.15) is 18.2 Å². The van der Waals surface area contributed by atoms with Crippen LogP contribution in [0.1, 0.15) is 36.5 Å². The van der Waals surface area contributed by atoms with Gasteiger partial charge < -0.3 is 4.74 Å². The zero-order valence-corrected chi connectivity index (χ0v) is 11.6. The van der Waals surface area contributed by atoms with Gasteiger partial charge in [0.2, 0.25) is 0 Å².